The summed E-state index contributed by atoms with van der Waals surface area (Å²) >= 11 is 0. The van der Waals surface area contributed by atoms with Crippen molar-refractivity contribution in [1.82, 2.24) is 5.32 Å². The Balaban J connectivity index is 1.98. The van der Waals surface area contributed by atoms with Crippen molar-refractivity contribution in [2.24, 2.45) is 0 Å². The highest BCUT2D eigenvalue weighted by Gasteiger charge is 2.16. The zero-order chi connectivity index (χ0) is 15.8. The van der Waals surface area contributed by atoms with Gasteiger partial charge in [0.05, 0.1) is 12.3 Å². The number of hydrogen-bond acceptors (Lipinski definition) is 3. The first kappa shape index (κ1) is 16.7. The maximum atomic E-state index is 12.4. The zero-order valence-electron chi connectivity index (χ0n) is 13.6. The van der Waals surface area contributed by atoms with Crippen LogP contribution in [0, 0.1) is 0 Å². The normalized spacial score (nSPS) is 16.6. The maximum Gasteiger partial charge on any atom is 0.251 e. The largest absolute Gasteiger partial charge is 0.491 e. The van der Waals surface area contributed by atoms with Gasteiger partial charge in [0, 0.05) is 11.6 Å². The van der Waals surface area contributed by atoms with Gasteiger partial charge < -0.3 is 15.8 Å². The third-order valence-corrected chi connectivity index (χ3v) is 4.18. The summed E-state index contributed by atoms with van der Waals surface area (Å²) in [5, 5.41) is 3.17. The molecule has 4 nitrogen and oxygen atoms in total. The summed E-state index contributed by atoms with van der Waals surface area (Å²) in [6, 6.07) is 5.57. The Hall–Kier alpha value is -1.71. The number of ether oxygens (including phenoxy) is 1. The van der Waals surface area contributed by atoms with Gasteiger partial charge in [-0.05, 0) is 37.5 Å². The summed E-state index contributed by atoms with van der Waals surface area (Å²) in [5.41, 5.74) is 7.10. The van der Waals surface area contributed by atoms with Crippen LogP contribution in [0.5, 0.6) is 5.75 Å². The molecule has 1 aromatic carbocycles. The van der Waals surface area contributed by atoms with Gasteiger partial charge in [-0.2, -0.15) is 0 Å². The van der Waals surface area contributed by atoms with E-state index in [1.54, 1.807) is 18.2 Å². The van der Waals surface area contributed by atoms with Crippen LogP contribution in [0.2, 0.25) is 0 Å². The lowest BCUT2D eigenvalue weighted by atomic mass is 9.96. The van der Waals surface area contributed by atoms with Crippen LogP contribution in [0.4, 0.5) is 5.69 Å². The highest BCUT2D eigenvalue weighted by atomic mass is 16.5. The van der Waals surface area contributed by atoms with E-state index in [0.717, 1.165) is 19.3 Å². The van der Waals surface area contributed by atoms with Crippen molar-refractivity contribution in [3.05, 3.63) is 23.8 Å². The molecule has 122 valence electrons. The van der Waals surface area contributed by atoms with E-state index in [4.69, 9.17) is 10.5 Å². The monoisotopic (exact) mass is 304 g/mol. The third kappa shape index (κ3) is 4.93. The van der Waals surface area contributed by atoms with Crippen LogP contribution in [0.25, 0.3) is 0 Å². The molecular weight excluding hydrogens is 276 g/mol. The molecule has 1 aliphatic rings. The summed E-state index contributed by atoms with van der Waals surface area (Å²) < 4.78 is 5.60. The fraction of sp³-hybridized carbons (Fsp3) is 0.611. The molecule has 0 spiro atoms. The van der Waals surface area contributed by atoms with E-state index in [9.17, 15) is 4.79 Å². The molecule has 1 fully saturated rings. The number of nitrogens with one attached hydrogen (secondary N) is 1. The highest BCUT2D eigenvalue weighted by molar-refractivity contribution is 5.95. The smallest absolute Gasteiger partial charge is 0.251 e. The van der Waals surface area contributed by atoms with Gasteiger partial charge in [-0.15, -0.1) is 0 Å². The molecule has 1 aliphatic carbocycles. The molecule has 0 saturated heterocycles. The Morgan fingerprint density at radius 3 is 2.59 bits per heavy atom. The molecule has 0 heterocycles. The number of benzene rings is 1. The lowest BCUT2D eigenvalue weighted by molar-refractivity contribution is 0.0930. The molecule has 0 radical (unpaired) electrons. The summed E-state index contributed by atoms with van der Waals surface area (Å²) in [6.45, 7) is 2.65. The van der Waals surface area contributed by atoms with E-state index in [-0.39, 0.29) is 5.91 Å². The van der Waals surface area contributed by atoms with Crippen molar-refractivity contribution < 1.29 is 9.53 Å². The second kappa shape index (κ2) is 8.66. The Bertz CT molecular complexity index is 480. The molecule has 4 heteroatoms. The first-order valence-corrected chi connectivity index (χ1v) is 8.54. The maximum absolute atomic E-state index is 12.4. The summed E-state index contributed by atoms with van der Waals surface area (Å²) in [5.74, 6) is 0.582. The van der Waals surface area contributed by atoms with Gasteiger partial charge in [0.1, 0.15) is 5.75 Å². The van der Waals surface area contributed by atoms with E-state index < -0.39 is 0 Å². The predicted molar refractivity (Wildman–Crippen MR) is 90.2 cm³/mol. The highest BCUT2D eigenvalue weighted by Crippen LogP contribution is 2.23. The van der Waals surface area contributed by atoms with Gasteiger partial charge in [-0.3, -0.25) is 4.79 Å². The molecular formula is C18H28N2O2. The number of carbonyl (C=O) groups is 1. The quantitative estimate of drug-likeness (QED) is 0.811. The van der Waals surface area contributed by atoms with Crippen molar-refractivity contribution in [2.75, 3.05) is 12.3 Å². The molecule has 22 heavy (non-hydrogen) atoms. The van der Waals surface area contributed by atoms with Crippen molar-refractivity contribution in [3.8, 4) is 5.75 Å². The van der Waals surface area contributed by atoms with Gasteiger partial charge in [0.15, 0.2) is 0 Å². The second-order valence-corrected chi connectivity index (χ2v) is 6.12. The number of amides is 1. The fourth-order valence-electron chi connectivity index (χ4n) is 2.88. The summed E-state index contributed by atoms with van der Waals surface area (Å²) in [6.07, 6.45) is 9.39. The second-order valence-electron chi connectivity index (χ2n) is 6.12. The molecule has 0 unspecified atom stereocenters. The minimum absolute atomic E-state index is 0.0214. The first-order valence-electron chi connectivity index (χ1n) is 8.54. The van der Waals surface area contributed by atoms with E-state index in [1.165, 1.54) is 32.1 Å². The molecule has 0 atom stereocenters. The van der Waals surface area contributed by atoms with Crippen LogP contribution in [-0.4, -0.2) is 18.6 Å². The third-order valence-electron chi connectivity index (χ3n) is 4.18. The van der Waals surface area contributed by atoms with Crippen molar-refractivity contribution in [2.45, 2.75) is 64.3 Å². The number of hydrogen-bond donors (Lipinski definition) is 2. The van der Waals surface area contributed by atoms with Crippen LogP contribution < -0.4 is 15.8 Å². The van der Waals surface area contributed by atoms with Crippen molar-refractivity contribution in [1.29, 1.82) is 0 Å². The summed E-state index contributed by atoms with van der Waals surface area (Å²) in [4.78, 5) is 12.4. The van der Waals surface area contributed by atoms with E-state index in [1.807, 2.05) is 6.92 Å². The van der Waals surface area contributed by atoms with E-state index in [0.29, 0.717) is 29.6 Å². The molecule has 1 aromatic rings. The minimum atomic E-state index is -0.0214. The molecule has 0 bridgehead atoms. The topological polar surface area (TPSA) is 64.3 Å². The van der Waals surface area contributed by atoms with E-state index in [2.05, 4.69) is 5.32 Å². The average Bonchev–Trinajstić information content (AvgIpc) is 2.49. The zero-order valence-corrected chi connectivity index (χ0v) is 13.6. The Kier molecular flexibility index (Phi) is 6.56. The number of nitrogen functional groups attached to an aromatic ring is 1. The molecule has 3 N–H and O–H groups in total. The summed E-state index contributed by atoms with van der Waals surface area (Å²) in [7, 11) is 0. The SMILES string of the molecule is CCCOc1cc(C(=O)NC2CCCCCCC2)ccc1N. The van der Waals surface area contributed by atoms with Crippen LogP contribution in [0.1, 0.15) is 68.6 Å². The average molecular weight is 304 g/mol. The van der Waals surface area contributed by atoms with Crippen LogP contribution in [0.3, 0.4) is 0 Å². The lowest BCUT2D eigenvalue weighted by Crippen LogP contribution is -2.35. The molecule has 2 rings (SSSR count). The van der Waals surface area contributed by atoms with E-state index >= 15 is 0 Å². The van der Waals surface area contributed by atoms with Crippen LogP contribution in [0.15, 0.2) is 18.2 Å². The number of anilines is 1. The van der Waals surface area contributed by atoms with Gasteiger partial charge in [0.25, 0.3) is 5.91 Å². The standard InChI is InChI=1S/C18H28N2O2/c1-2-12-22-17-13-14(10-11-16(17)19)18(21)20-15-8-6-4-3-5-7-9-15/h10-11,13,15H,2-9,12,19H2,1H3,(H,20,21). The van der Waals surface area contributed by atoms with Crippen molar-refractivity contribution in [3.63, 3.8) is 0 Å². The van der Waals surface area contributed by atoms with Gasteiger partial charge in [0.2, 0.25) is 0 Å². The molecule has 0 aromatic heterocycles. The predicted octanol–water partition coefficient (Wildman–Crippen LogP) is 3.90. The molecule has 1 amide bonds. The lowest BCUT2D eigenvalue weighted by Gasteiger charge is -2.21. The van der Waals surface area contributed by atoms with Crippen molar-refractivity contribution >= 4 is 11.6 Å². The Labute approximate surface area is 133 Å². The Morgan fingerprint density at radius 1 is 1.23 bits per heavy atom. The van der Waals surface area contributed by atoms with Gasteiger partial charge >= 0.3 is 0 Å². The number of carbonyl (C=O) groups excluding carboxylic acids is 1. The fourth-order valence-corrected chi connectivity index (χ4v) is 2.88. The molecule has 0 aliphatic heterocycles. The van der Waals surface area contributed by atoms with Crippen LogP contribution >= 0.6 is 0 Å². The first-order chi connectivity index (χ1) is 10.7. The number of rotatable bonds is 5. The van der Waals surface area contributed by atoms with Crippen LogP contribution in [-0.2, 0) is 0 Å². The minimum Gasteiger partial charge on any atom is -0.491 e. The Morgan fingerprint density at radius 2 is 1.91 bits per heavy atom. The number of nitrogens with two attached hydrogens (primary N) is 1. The van der Waals surface area contributed by atoms with Gasteiger partial charge in [-0.1, -0.05) is 39.0 Å². The van der Waals surface area contributed by atoms with Gasteiger partial charge in [-0.25, -0.2) is 0 Å². The molecule has 1 saturated carbocycles.